The van der Waals surface area contributed by atoms with Gasteiger partial charge < -0.3 is 5.11 Å². The number of carbonyl (C=O) groups excluding carboxylic acids is 3. The summed E-state index contributed by atoms with van der Waals surface area (Å²) in [6.07, 6.45) is 20.9. The van der Waals surface area contributed by atoms with Crippen LogP contribution in [0.2, 0.25) is 0 Å². The van der Waals surface area contributed by atoms with E-state index in [0.717, 1.165) is 76.0 Å². The maximum Gasteiger partial charge on any atom is 0.155 e. The lowest BCUT2D eigenvalue weighted by Gasteiger charge is -2.57. The zero-order valence-corrected chi connectivity index (χ0v) is 26.7. The summed E-state index contributed by atoms with van der Waals surface area (Å²) >= 11 is 0. The first kappa shape index (κ1) is 29.2. The Morgan fingerprint density at radius 2 is 1.07 bits per heavy atom. The zero-order valence-electron chi connectivity index (χ0n) is 26.7. The van der Waals surface area contributed by atoms with Crippen molar-refractivity contribution in [3.63, 3.8) is 0 Å². The van der Waals surface area contributed by atoms with Gasteiger partial charge in [0.05, 0.1) is 6.10 Å². The van der Waals surface area contributed by atoms with Crippen LogP contribution in [-0.2, 0) is 14.4 Å². The smallest absolute Gasteiger partial charge is 0.155 e. The van der Waals surface area contributed by atoms with Crippen LogP contribution in [-0.4, -0.2) is 28.6 Å². The van der Waals surface area contributed by atoms with Crippen molar-refractivity contribution in [2.24, 2.45) is 57.2 Å². The van der Waals surface area contributed by atoms with Crippen molar-refractivity contribution in [2.75, 3.05) is 0 Å². The van der Waals surface area contributed by atoms with Crippen LogP contribution in [0.25, 0.3) is 0 Å². The highest BCUT2D eigenvalue weighted by Crippen LogP contribution is 2.66. The Morgan fingerprint density at radius 3 is 1.67 bits per heavy atom. The second kappa shape index (κ2) is 9.98. The molecule has 4 nitrogen and oxygen atoms in total. The van der Waals surface area contributed by atoms with E-state index < -0.39 is 0 Å². The lowest BCUT2D eigenvalue weighted by atomic mass is 9.47. The zero-order chi connectivity index (χ0) is 29.7. The van der Waals surface area contributed by atoms with E-state index in [4.69, 9.17) is 0 Å². The average Bonchev–Trinajstić information content (AvgIpc) is 3.44. The van der Waals surface area contributed by atoms with E-state index in [9.17, 15) is 19.5 Å². The lowest BCUT2D eigenvalue weighted by Crippen LogP contribution is -2.51. The lowest BCUT2D eigenvalue weighted by molar-refractivity contribution is -0.132. The van der Waals surface area contributed by atoms with Gasteiger partial charge in [-0.2, -0.15) is 0 Å². The van der Waals surface area contributed by atoms with Gasteiger partial charge in [0, 0.05) is 24.7 Å². The molecule has 4 heteroatoms. The number of fused-ring (bicyclic) bond motifs is 10. The Morgan fingerprint density at radius 1 is 0.548 bits per heavy atom. The van der Waals surface area contributed by atoms with Gasteiger partial charge in [-0.1, -0.05) is 38.8 Å². The normalized spacial score (nSPS) is 51.0. The van der Waals surface area contributed by atoms with Gasteiger partial charge in [-0.15, -0.1) is 0 Å². The first-order valence-corrected chi connectivity index (χ1v) is 17.6. The van der Waals surface area contributed by atoms with Crippen LogP contribution >= 0.6 is 0 Å². The topological polar surface area (TPSA) is 71.4 Å². The summed E-state index contributed by atoms with van der Waals surface area (Å²) in [4.78, 5) is 35.9. The number of rotatable bonds is 0. The van der Waals surface area contributed by atoms with Crippen LogP contribution in [0.3, 0.4) is 0 Å². The molecule has 0 aliphatic heterocycles. The Labute approximate surface area is 253 Å². The molecular weight excluding hydrogens is 520 g/mol. The molecule has 1 N–H and O–H groups in total. The minimum absolute atomic E-state index is 0.0246. The van der Waals surface area contributed by atoms with Crippen molar-refractivity contribution in [1.82, 2.24) is 0 Å². The van der Waals surface area contributed by atoms with Gasteiger partial charge in [0.25, 0.3) is 0 Å². The second-order valence-corrected chi connectivity index (χ2v) is 17.0. The van der Waals surface area contributed by atoms with Crippen LogP contribution in [0.4, 0.5) is 0 Å². The van der Waals surface area contributed by atoms with Crippen molar-refractivity contribution in [1.29, 1.82) is 0 Å². The molecule has 0 saturated heterocycles. The third kappa shape index (κ3) is 4.12. The maximum absolute atomic E-state index is 12.4. The van der Waals surface area contributed by atoms with Gasteiger partial charge in [0.15, 0.2) is 11.6 Å². The van der Waals surface area contributed by atoms with Crippen LogP contribution in [0.5, 0.6) is 0 Å². The first-order chi connectivity index (χ1) is 19.9. The van der Waals surface area contributed by atoms with E-state index >= 15 is 0 Å². The summed E-state index contributed by atoms with van der Waals surface area (Å²) in [5.41, 5.74) is 3.53. The average molecular weight is 575 g/mol. The molecule has 0 aromatic carbocycles. The van der Waals surface area contributed by atoms with Crippen molar-refractivity contribution < 1.29 is 19.5 Å². The Hall–Kier alpha value is -1.55. The molecule has 8 aliphatic rings. The number of ketones is 3. The third-order valence-corrected chi connectivity index (χ3v) is 15.6. The fourth-order valence-corrected chi connectivity index (χ4v) is 12.9. The molecule has 230 valence electrons. The van der Waals surface area contributed by atoms with Crippen molar-refractivity contribution in [2.45, 2.75) is 137 Å². The number of hydrogen-bond acceptors (Lipinski definition) is 4. The molecule has 0 radical (unpaired) electrons. The fourth-order valence-electron chi connectivity index (χ4n) is 12.9. The molecule has 42 heavy (non-hydrogen) atoms. The van der Waals surface area contributed by atoms with Crippen molar-refractivity contribution in [3.05, 3.63) is 23.3 Å². The molecule has 0 bridgehead atoms. The summed E-state index contributed by atoms with van der Waals surface area (Å²) in [5, 5.41) is 10.4. The monoisotopic (exact) mass is 574 g/mol. The Kier molecular flexibility index (Phi) is 6.93. The molecule has 8 rings (SSSR count). The highest BCUT2D eigenvalue weighted by molar-refractivity contribution is 5.92. The maximum atomic E-state index is 12.4. The van der Waals surface area contributed by atoms with E-state index in [0.29, 0.717) is 41.0 Å². The van der Waals surface area contributed by atoms with E-state index in [1.54, 1.807) is 0 Å². The van der Waals surface area contributed by atoms with Gasteiger partial charge in [-0.05, 0) is 147 Å². The molecule has 11 atom stereocenters. The Balaban J connectivity index is 0.000000137. The second-order valence-electron chi connectivity index (χ2n) is 17.0. The fraction of sp³-hybridized carbons (Fsp3) is 0.816. The number of carbonyl (C=O) groups is 3. The van der Waals surface area contributed by atoms with Crippen molar-refractivity contribution >= 4 is 17.3 Å². The summed E-state index contributed by atoms with van der Waals surface area (Å²) in [6, 6.07) is 0. The highest BCUT2D eigenvalue weighted by Gasteiger charge is 2.60. The van der Waals surface area contributed by atoms with Crippen LogP contribution < -0.4 is 0 Å². The van der Waals surface area contributed by atoms with Crippen LogP contribution in [0, 0.1) is 57.2 Å². The minimum Gasteiger partial charge on any atom is -0.393 e. The molecular formula is C38H54O4. The third-order valence-electron chi connectivity index (χ3n) is 15.6. The largest absolute Gasteiger partial charge is 0.393 e. The first-order valence-electron chi connectivity index (χ1n) is 17.6. The van der Waals surface area contributed by atoms with E-state index in [-0.39, 0.29) is 27.8 Å². The molecule has 0 unspecified atom stereocenters. The standard InChI is InChI=1S/C19H28O2.C19H26O2/c2*1-18-9-7-13(20)11-12(18)3-4-14-15-5-6-17(21)19(15,2)10-8-16(14)18/h11,14-17,21H,3-10H2,1-2H3;11,14-16H,3-10H2,1-2H3/t14-,15-,16-,17-,18-,19-;14-,15-,16-,18-,19-/m00/s1. The molecule has 0 spiro atoms. The summed E-state index contributed by atoms with van der Waals surface area (Å²) < 4.78 is 0. The van der Waals surface area contributed by atoms with Crippen molar-refractivity contribution in [3.8, 4) is 0 Å². The molecule has 0 aromatic heterocycles. The number of aliphatic hydroxyl groups is 1. The molecule has 8 aliphatic carbocycles. The van der Waals surface area contributed by atoms with Gasteiger partial charge in [-0.3, -0.25) is 14.4 Å². The summed E-state index contributed by atoms with van der Waals surface area (Å²) in [5.74, 6) is 5.46. The van der Waals surface area contributed by atoms with Crippen LogP contribution in [0.1, 0.15) is 130 Å². The van der Waals surface area contributed by atoms with E-state index in [1.807, 2.05) is 12.2 Å². The minimum atomic E-state index is -0.0823. The molecule has 0 amide bonds. The Bertz CT molecular complexity index is 1240. The quantitative estimate of drug-likeness (QED) is 0.319. The predicted molar refractivity (Wildman–Crippen MR) is 164 cm³/mol. The van der Waals surface area contributed by atoms with Gasteiger partial charge >= 0.3 is 0 Å². The molecule has 0 heterocycles. The summed E-state index contributed by atoms with van der Waals surface area (Å²) in [7, 11) is 0. The highest BCUT2D eigenvalue weighted by atomic mass is 16.3. The molecule has 6 saturated carbocycles. The van der Waals surface area contributed by atoms with Gasteiger partial charge in [-0.25, -0.2) is 0 Å². The number of hydrogen-bond donors (Lipinski definition) is 1. The summed E-state index contributed by atoms with van der Waals surface area (Å²) in [6.45, 7) is 9.41. The number of Topliss-reactive ketones (excluding diaryl/α,β-unsaturated/α-hetero) is 1. The predicted octanol–water partition coefficient (Wildman–Crippen LogP) is 7.97. The SMILES string of the molecule is C[C@]12CCC(=O)C=C1CC[C@@H]1[C@@H]2CC[C@]2(C)C(=O)CC[C@@H]12.C[C@]12CC[C@H]3[C@@H](CCC4=CC(=O)CC[C@@]43C)[C@@H]1CC[C@@H]2O. The van der Waals surface area contributed by atoms with Gasteiger partial charge in [0.1, 0.15) is 5.78 Å². The van der Waals surface area contributed by atoms with E-state index in [2.05, 4.69) is 27.7 Å². The molecule has 6 fully saturated rings. The number of allylic oxidation sites excluding steroid dienone is 2. The molecule has 0 aromatic rings. The van der Waals surface area contributed by atoms with Gasteiger partial charge in [0.2, 0.25) is 0 Å². The van der Waals surface area contributed by atoms with E-state index in [1.165, 1.54) is 49.7 Å². The van der Waals surface area contributed by atoms with Crippen LogP contribution in [0.15, 0.2) is 23.3 Å². The number of aliphatic hydroxyl groups excluding tert-OH is 1.